The van der Waals surface area contributed by atoms with Crippen LogP contribution in [0.4, 0.5) is 0 Å². The highest BCUT2D eigenvalue weighted by molar-refractivity contribution is 5.79. The van der Waals surface area contributed by atoms with E-state index in [1.165, 1.54) is 6.33 Å². The first kappa shape index (κ1) is 7.91. The van der Waals surface area contributed by atoms with Crippen molar-refractivity contribution in [3.8, 4) is 5.88 Å². The minimum Gasteiger partial charge on any atom is -0.492 e. The summed E-state index contributed by atoms with van der Waals surface area (Å²) in [6, 6.07) is 1.89. The molecule has 0 atom stereocenters. The van der Waals surface area contributed by atoms with Crippen LogP contribution in [-0.4, -0.2) is 20.1 Å². The summed E-state index contributed by atoms with van der Waals surface area (Å²) in [6.45, 7) is 3.85. The molecular formula is C9H9N3O. The van der Waals surface area contributed by atoms with Crippen molar-refractivity contribution in [2.24, 2.45) is 0 Å². The molecule has 0 spiro atoms. The van der Waals surface area contributed by atoms with Crippen molar-refractivity contribution in [3.05, 3.63) is 23.7 Å². The van der Waals surface area contributed by atoms with Crippen LogP contribution in [0.2, 0.25) is 0 Å². The highest BCUT2D eigenvalue weighted by Crippen LogP contribution is 2.19. The van der Waals surface area contributed by atoms with Crippen molar-refractivity contribution in [2.75, 3.05) is 0 Å². The first-order valence-corrected chi connectivity index (χ1v) is 3.96. The van der Waals surface area contributed by atoms with Gasteiger partial charge < -0.3 is 5.11 Å². The quantitative estimate of drug-likeness (QED) is 0.656. The van der Waals surface area contributed by atoms with E-state index in [1.807, 2.05) is 19.9 Å². The SMILES string of the molecule is Cc1cc2ncnc(O)c2nc1C. The Labute approximate surface area is 75.3 Å². The molecule has 4 heteroatoms. The van der Waals surface area contributed by atoms with Gasteiger partial charge in [-0.3, -0.25) is 0 Å². The second-order valence-electron chi connectivity index (χ2n) is 2.96. The molecule has 2 aromatic rings. The molecule has 13 heavy (non-hydrogen) atoms. The van der Waals surface area contributed by atoms with Crippen LogP contribution in [0.1, 0.15) is 11.3 Å². The maximum atomic E-state index is 9.37. The zero-order valence-electron chi connectivity index (χ0n) is 7.44. The number of pyridine rings is 1. The molecule has 66 valence electrons. The van der Waals surface area contributed by atoms with Crippen LogP contribution in [0, 0.1) is 13.8 Å². The third kappa shape index (κ3) is 1.20. The Kier molecular flexibility index (Phi) is 1.62. The fourth-order valence-corrected chi connectivity index (χ4v) is 1.16. The average Bonchev–Trinajstić information content (AvgIpc) is 2.09. The monoisotopic (exact) mass is 175 g/mol. The number of aryl methyl sites for hydroxylation is 2. The van der Waals surface area contributed by atoms with Crippen molar-refractivity contribution in [2.45, 2.75) is 13.8 Å². The van der Waals surface area contributed by atoms with Gasteiger partial charge in [0, 0.05) is 5.69 Å². The van der Waals surface area contributed by atoms with Gasteiger partial charge in [0.25, 0.3) is 0 Å². The predicted octanol–water partition coefficient (Wildman–Crippen LogP) is 1.35. The van der Waals surface area contributed by atoms with Gasteiger partial charge in [-0.25, -0.2) is 15.0 Å². The summed E-state index contributed by atoms with van der Waals surface area (Å²) < 4.78 is 0. The van der Waals surface area contributed by atoms with Gasteiger partial charge in [0.15, 0.2) is 5.52 Å². The zero-order valence-corrected chi connectivity index (χ0v) is 7.44. The topological polar surface area (TPSA) is 58.9 Å². The number of fused-ring (bicyclic) bond motifs is 1. The van der Waals surface area contributed by atoms with Gasteiger partial charge in [-0.2, -0.15) is 0 Å². The number of hydrogen-bond donors (Lipinski definition) is 1. The van der Waals surface area contributed by atoms with Gasteiger partial charge in [-0.1, -0.05) is 0 Å². The van der Waals surface area contributed by atoms with E-state index in [-0.39, 0.29) is 5.88 Å². The second-order valence-corrected chi connectivity index (χ2v) is 2.96. The number of rotatable bonds is 0. The highest BCUT2D eigenvalue weighted by Gasteiger charge is 2.04. The second kappa shape index (κ2) is 2.65. The van der Waals surface area contributed by atoms with Crippen LogP contribution in [0.5, 0.6) is 5.88 Å². The Balaban J connectivity index is 2.89. The lowest BCUT2D eigenvalue weighted by Gasteiger charge is -2.02. The summed E-state index contributed by atoms with van der Waals surface area (Å²) in [4.78, 5) is 11.9. The number of nitrogens with zero attached hydrogens (tertiary/aromatic N) is 3. The Morgan fingerprint density at radius 2 is 2.00 bits per heavy atom. The molecule has 0 aliphatic rings. The average molecular weight is 175 g/mol. The van der Waals surface area contributed by atoms with Crippen LogP contribution in [0.3, 0.4) is 0 Å². The van der Waals surface area contributed by atoms with E-state index < -0.39 is 0 Å². The van der Waals surface area contributed by atoms with Crippen molar-refractivity contribution in [1.82, 2.24) is 15.0 Å². The molecule has 0 saturated carbocycles. The summed E-state index contributed by atoms with van der Waals surface area (Å²) in [7, 11) is 0. The molecule has 4 nitrogen and oxygen atoms in total. The normalized spacial score (nSPS) is 10.6. The maximum Gasteiger partial charge on any atom is 0.241 e. The van der Waals surface area contributed by atoms with E-state index >= 15 is 0 Å². The van der Waals surface area contributed by atoms with E-state index in [0.29, 0.717) is 11.0 Å². The van der Waals surface area contributed by atoms with Gasteiger partial charge in [-0.15, -0.1) is 0 Å². The van der Waals surface area contributed by atoms with Gasteiger partial charge >= 0.3 is 0 Å². The third-order valence-electron chi connectivity index (χ3n) is 2.03. The van der Waals surface area contributed by atoms with Gasteiger partial charge in [-0.05, 0) is 25.5 Å². The lowest BCUT2D eigenvalue weighted by atomic mass is 10.2. The Hall–Kier alpha value is -1.71. The van der Waals surface area contributed by atoms with Crippen molar-refractivity contribution >= 4 is 11.0 Å². The Morgan fingerprint density at radius 1 is 1.23 bits per heavy atom. The first-order valence-electron chi connectivity index (χ1n) is 3.96. The largest absolute Gasteiger partial charge is 0.492 e. The van der Waals surface area contributed by atoms with E-state index in [0.717, 1.165) is 11.3 Å². The number of aromatic hydroxyl groups is 1. The smallest absolute Gasteiger partial charge is 0.241 e. The fraction of sp³-hybridized carbons (Fsp3) is 0.222. The first-order chi connectivity index (χ1) is 6.18. The fourth-order valence-electron chi connectivity index (χ4n) is 1.16. The summed E-state index contributed by atoms with van der Waals surface area (Å²) in [6.07, 6.45) is 1.33. The van der Waals surface area contributed by atoms with Crippen molar-refractivity contribution in [3.63, 3.8) is 0 Å². The summed E-state index contributed by atoms with van der Waals surface area (Å²) in [5.74, 6) is -0.0619. The van der Waals surface area contributed by atoms with Crippen molar-refractivity contribution in [1.29, 1.82) is 0 Å². The molecule has 2 heterocycles. The minimum atomic E-state index is -0.0619. The van der Waals surface area contributed by atoms with E-state index in [2.05, 4.69) is 15.0 Å². The summed E-state index contributed by atoms with van der Waals surface area (Å²) in [5.41, 5.74) is 3.09. The van der Waals surface area contributed by atoms with Crippen LogP contribution < -0.4 is 0 Å². The predicted molar refractivity (Wildman–Crippen MR) is 48.5 cm³/mol. The van der Waals surface area contributed by atoms with E-state index in [1.54, 1.807) is 0 Å². The molecule has 2 aromatic heterocycles. The van der Waals surface area contributed by atoms with Gasteiger partial charge in [0.05, 0.1) is 5.52 Å². The lowest BCUT2D eigenvalue weighted by molar-refractivity contribution is 0.458. The van der Waals surface area contributed by atoms with Crippen LogP contribution >= 0.6 is 0 Å². The lowest BCUT2D eigenvalue weighted by Crippen LogP contribution is -1.91. The highest BCUT2D eigenvalue weighted by atomic mass is 16.3. The maximum absolute atomic E-state index is 9.37. The molecule has 0 saturated heterocycles. The number of hydrogen-bond acceptors (Lipinski definition) is 4. The van der Waals surface area contributed by atoms with E-state index in [4.69, 9.17) is 0 Å². The van der Waals surface area contributed by atoms with Crippen LogP contribution in [-0.2, 0) is 0 Å². The molecule has 0 fully saturated rings. The standard InChI is InChI=1S/C9H9N3O/c1-5-3-7-8(12-6(5)2)9(13)11-4-10-7/h3-4H,1-2H3,(H,10,11,13). The van der Waals surface area contributed by atoms with E-state index in [9.17, 15) is 5.11 Å². The number of aromatic nitrogens is 3. The molecule has 0 amide bonds. The summed E-state index contributed by atoms with van der Waals surface area (Å²) in [5, 5.41) is 9.37. The molecular weight excluding hydrogens is 166 g/mol. The molecule has 0 radical (unpaired) electrons. The van der Waals surface area contributed by atoms with Crippen molar-refractivity contribution < 1.29 is 5.11 Å². The molecule has 1 N–H and O–H groups in total. The third-order valence-corrected chi connectivity index (χ3v) is 2.03. The molecule has 0 bridgehead atoms. The summed E-state index contributed by atoms with van der Waals surface area (Å²) >= 11 is 0. The van der Waals surface area contributed by atoms with Crippen LogP contribution in [0.15, 0.2) is 12.4 Å². The molecule has 0 aliphatic heterocycles. The van der Waals surface area contributed by atoms with Crippen LogP contribution in [0.25, 0.3) is 11.0 Å². The minimum absolute atomic E-state index is 0.0619. The molecule has 0 aliphatic carbocycles. The van der Waals surface area contributed by atoms with Gasteiger partial charge in [0.1, 0.15) is 6.33 Å². The molecule has 2 rings (SSSR count). The molecule has 0 unspecified atom stereocenters. The Bertz CT molecular complexity index is 468. The zero-order chi connectivity index (χ0) is 9.42. The van der Waals surface area contributed by atoms with Gasteiger partial charge in [0.2, 0.25) is 5.88 Å². The molecule has 0 aromatic carbocycles. The Morgan fingerprint density at radius 3 is 2.77 bits per heavy atom.